The molecule has 2 aliphatic rings. The Kier molecular flexibility index (Phi) is 8.72. The number of nitrogens with one attached hydrogen (secondary N) is 2. The van der Waals surface area contributed by atoms with Crippen LogP contribution < -0.4 is 15.4 Å². The van der Waals surface area contributed by atoms with Gasteiger partial charge in [0.25, 0.3) is 0 Å². The Labute approximate surface area is 198 Å². The SMILES string of the molecule is CCOc1ccc(CCNC(=O)CCC[C@H]2NCC3CC2CN(Cc2cccnc2)C3)cc1. The van der Waals surface area contributed by atoms with E-state index in [9.17, 15) is 4.79 Å². The maximum absolute atomic E-state index is 12.3. The third-order valence-electron chi connectivity index (χ3n) is 6.90. The van der Waals surface area contributed by atoms with Gasteiger partial charge in [-0.05, 0) is 80.3 Å². The van der Waals surface area contributed by atoms with Crippen molar-refractivity contribution in [1.82, 2.24) is 20.5 Å². The predicted octanol–water partition coefficient (Wildman–Crippen LogP) is 3.42. The van der Waals surface area contributed by atoms with Crippen LogP contribution in [0.1, 0.15) is 43.7 Å². The molecule has 2 unspecified atom stereocenters. The Hall–Kier alpha value is -2.44. The number of hydrogen-bond acceptors (Lipinski definition) is 5. The highest BCUT2D eigenvalue weighted by atomic mass is 16.5. The van der Waals surface area contributed by atoms with Crippen LogP contribution in [0.3, 0.4) is 0 Å². The van der Waals surface area contributed by atoms with Crippen molar-refractivity contribution in [1.29, 1.82) is 0 Å². The van der Waals surface area contributed by atoms with Gasteiger partial charge in [-0.25, -0.2) is 0 Å². The smallest absolute Gasteiger partial charge is 0.220 e. The van der Waals surface area contributed by atoms with Gasteiger partial charge in [0.05, 0.1) is 6.61 Å². The van der Waals surface area contributed by atoms with Gasteiger partial charge in [0.1, 0.15) is 5.75 Å². The lowest BCUT2D eigenvalue weighted by molar-refractivity contribution is -0.121. The molecule has 3 heterocycles. The number of ether oxygens (including phenoxy) is 1. The summed E-state index contributed by atoms with van der Waals surface area (Å²) >= 11 is 0. The molecule has 0 saturated carbocycles. The molecule has 0 aliphatic carbocycles. The fraction of sp³-hybridized carbons (Fsp3) is 0.556. The highest BCUT2D eigenvalue weighted by molar-refractivity contribution is 5.75. The predicted molar refractivity (Wildman–Crippen MR) is 131 cm³/mol. The molecule has 178 valence electrons. The Morgan fingerprint density at radius 2 is 2.09 bits per heavy atom. The van der Waals surface area contributed by atoms with E-state index >= 15 is 0 Å². The van der Waals surface area contributed by atoms with E-state index in [1.165, 1.54) is 24.1 Å². The fourth-order valence-electron chi connectivity index (χ4n) is 5.33. The molecule has 3 atom stereocenters. The molecule has 2 fully saturated rings. The fourth-order valence-corrected chi connectivity index (χ4v) is 5.33. The second kappa shape index (κ2) is 12.1. The van der Waals surface area contributed by atoms with Crippen molar-refractivity contribution in [3.05, 3.63) is 59.9 Å². The van der Waals surface area contributed by atoms with E-state index in [0.717, 1.165) is 50.6 Å². The first-order valence-electron chi connectivity index (χ1n) is 12.5. The zero-order chi connectivity index (χ0) is 22.9. The van der Waals surface area contributed by atoms with Crippen LogP contribution in [0.4, 0.5) is 0 Å². The second-order valence-electron chi connectivity index (χ2n) is 9.50. The number of amides is 1. The molecule has 1 aromatic heterocycles. The quantitative estimate of drug-likeness (QED) is 0.549. The van der Waals surface area contributed by atoms with Crippen molar-refractivity contribution < 1.29 is 9.53 Å². The summed E-state index contributed by atoms with van der Waals surface area (Å²) in [5.41, 5.74) is 2.51. The van der Waals surface area contributed by atoms with E-state index in [2.05, 4.69) is 38.7 Å². The van der Waals surface area contributed by atoms with Crippen LogP contribution in [0, 0.1) is 11.8 Å². The monoisotopic (exact) mass is 450 g/mol. The highest BCUT2D eigenvalue weighted by Gasteiger charge is 2.36. The highest BCUT2D eigenvalue weighted by Crippen LogP contribution is 2.31. The van der Waals surface area contributed by atoms with Crippen molar-refractivity contribution in [2.75, 3.05) is 32.8 Å². The first-order chi connectivity index (χ1) is 16.2. The number of fused-ring (bicyclic) bond motifs is 2. The molecule has 1 amide bonds. The number of aromatic nitrogens is 1. The molecule has 0 radical (unpaired) electrons. The summed E-state index contributed by atoms with van der Waals surface area (Å²) in [5, 5.41) is 6.86. The van der Waals surface area contributed by atoms with E-state index in [4.69, 9.17) is 4.74 Å². The largest absolute Gasteiger partial charge is 0.494 e. The van der Waals surface area contributed by atoms with Gasteiger partial charge in [-0.15, -0.1) is 0 Å². The van der Waals surface area contributed by atoms with Crippen molar-refractivity contribution >= 4 is 5.91 Å². The van der Waals surface area contributed by atoms with Crippen molar-refractivity contribution in [2.45, 2.75) is 51.6 Å². The first kappa shape index (κ1) is 23.7. The standard InChI is InChI=1S/C27H38N4O2/c1-2-33-25-10-8-21(9-11-25)12-14-29-27(32)7-3-6-26-24-15-23(17-30-26)19-31(20-24)18-22-5-4-13-28-16-22/h4-5,8-11,13,16,23-24,26,30H,2-3,6-7,12,14-15,17-20H2,1H3,(H,29,32)/t23?,24?,26-/m1/s1. The number of hydrogen-bond donors (Lipinski definition) is 2. The topological polar surface area (TPSA) is 66.5 Å². The van der Waals surface area contributed by atoms with E-state index in [1.54, 1.807) is 0 Å². The third kappa shape index (κ3) is 7.27. The zero-order valence-electron chi connectivity index (χ0n) is 19.8. The van der Waals surface area contributed by atoms with Gasteiger partial charge in [-0.3, -0.25) is 14.7 Å². The first-order valence-corrected chi connectivity index (χ1v) is 12.5. The van der Waals surface area contributed by atoms with Crippen LogP contribution in [0.5, 0.6) is 5.75 Å². The molecule has 4 rings (SSSR count). The molecule has 6 nitrogen and oxygen atoms in total. The maximum atomic E-state index is 12.3. The molecule has 6 heteroatoms. The number of carbonyl (C=O) groups is 1. The van der Waals surface area contributed by atoms with Gasteiger partial charge < -0.3 is 15.4 Å². The molecular weight excluding hydrogens is 412 g/mol. The summed E-state index contributed by atoms with van der Waals surface area (Å²) in [4.78, 5) is 19.2. The van der Waals surface area contributed by atoms with Crippen LogP contribution in [0.2, 0.25) is 0 Å². The van der Waals surface area contributed by atoms with Crippen molar-refractivity contribution in [3.63, 3.8) is 0 Å². The lowest BCUT2D eigenvalue weighted by atomic mass is 9.79. The van der Waals surface area contributed by atoms with Crippen LogP contribution in [0.25, 0.3) is 0 Å². The van der Waals surface area contributed by atoms with Gasteiger partial charge in [0.2, 0.25) is 5.91 Å². The summed E-state index contributed by atoms with van der Waals surface area (Å²) in [5.74, 6) is 2.47. The molecule has 2 N–H and O–H groups in total. The van der Waals surface area contributed by atoms with Gasteiger partial charge in [0, 0.05) is 51.0 Å². The Morgan fingerprint density at radius 3 is 2.88 bits per heavy atom. The van der Waals surface area contributed by atoms with Gasteiger partial charge in [-0.2, -0.15) is 0 Å². The van der Waals surface area contributed by atoms with Gasteiger partial charge >= 0.3 is 0 Å². The molecule has 2 aromatic rings. The number of rotatable bonds is 11. The minimum atomic E-state index is 0.163. The van der Waals surface area contributed by atoms with Crippen LogP contribution in [-0.4, -0.2) is 54.6 Å². The molecule has 2 saturated heterocycles. The van der Waals surface area contributed by atoms with Crippen molar-refractivity contribution in [2.24, 2.45) is 11.8 Å². The zero-order valence-corrected chi connectivity index (χ0v) is 19.8. The second-order valence-corrected chi connectivity index (χ2v) is 9.50. The Morgan fingerprint density at radius 1 is 1.21 bits per heavy atom. The molecular formula is C27H38N4O2. The summed E-state index contributed by atoms with van der Waals surface area (Å²) in [6.45, 7) is 7.74. The number of benzene rings is 1. The minimum absolute atomic E-state index is 0.163. The molecule has 0 spiro atoms. The lowest BCUT2D eigenvalue weighted by Crippen LogP contribution is -2.55. The Balaban J connectivity index is 1.14. The summed E-state index contributed by atoms with van der Waals surface area (Å²) < 4.78 is 5.48. The summed E-state index contributed by atoms with van der Waals surface area (Å²) in [6, 6.07) is 12.8. The summed E-state index contributed by atoms with van der Waals surface area (Å²) in [6.07, 6.45) is 8.60. The van der Waals surface area contributed by atoms with E-state index in [-0.39, 0.29) is 5.91 Å². The van der Waals surface area contributed by atoms with Gasteiger partial charge in [-0.1, -0.05) is 18.2 Å². The average molecular weight is 451 g/mol. The van der Waals surface area contributed by atoms with Crippen molar-refractivity contribution in [3.8, 4) is 5.75 Å². The van der Waals surface area contributed by atoms with Gasteiger partial charge in [0.15, 0.2) is 0 Å². The lowest BCUT2D eigenvalue weighted by Gasteiger charge is -2.46. The third-order valence-corrected chi connectivity index (χ3v) is 6.90. The molecule has 1 aromatic carbocycles. The number of pyridine rings is 1. The van der Waals surface area contributed by atoms with Crippen LogP contribution >= 0.6 is 0 Å². The summed E-state index contributed by atoms with van der Waals surface area (Å²) in [7, 11) is 0. The molecule has 2 bridgehead atoms. The molecule has 2 aliphatic heterocycles. The molecule has 33 heavy (non-hydrogen) atoms. The van der Waals surface area contributed by atoms with E-state index < -0.39 is 0 Å². The average Bonchev–Trinajstić information content (AvgIpc) is 2.82. The Bertz CT molecular complexity index is 858. The minimum Gasteiger partial charge on any atom is -0.494 e. The number of carbonyl (C=O) groups excluding carboxylic acids is 1. The number of likely N-dealkylation sites (tertiary alicyclic amines) is 1. The van der Waals surface area contributed by atoms with Crippen LogP contribution in [0.15, 0.2) is 48.8 Å². The van der Waals surface area contributed by atoms with E-state index in [1.807, 2.05) is 37.5 Å². The normalized spacial score (nSPS) is 22.6. The van der Waals surface area contributed by atoms with E-state index in [0.29, 0.717) is 31.5 Å². The number of piperidine rings is 2. The van der Waals surface area contributed by atoms with Crippen LogP contribution in [-0.2, 0) is 17.8 Å². The maximum Gasteiger partial charge on any atom is 0.220 e. The number of nitrogens with zero attached hydrogens (tertiary/aromatic N) is 2.